The zero-order chi connectivity index (χ0) is 11.4. The number of ether oxygens (including phenoxy) is 1. The molecule has 82 valence electrons. The molecule has 0 aliphatic carbocycles. The van der Waals surface area contributed by atoms with E-state index in [-0.39, 0.29) is 16.7 Å². The lowest BCUT2D eigenvalue weighted by Crippen LogP contribution is -2.05. The average Bonchev–Trinajstić information content (AvgIpc) is 2.16. The van der Waals surface area contributed by atoms with Crippen LogP contribution in [0.5, 0.6) is 0 Å². The number of esters is 1. The fraction of sp³-hybridized carbons (Fsp3) is 0.333. The number of carbonyl (C=O) groups is 1. The molecule has 1 rings (SSSR count). The number of rotatable bonds is 3. The lowest BCUT2D eigenvalue weighted by atomic mass is 10.2. The van der Waals surface area contributed by atoms with E-state index in [0.717, 1.165) is 0 Å². The first-order valence-corrected chi connectivity index (χ1v) is 4.83. The number of hydrogen-bond acceptors (Lipinski definition) is 3. The minimum Gasteiger partial charge on any atom is -0.469 e. The van der Waals surface area contributed by atoms with E-state index in [1.54, 1.807) is 0 Å². The minimum atomic E-state index is -2.65. The summed E-state index contributed by atoms with van der Waals surface area (Å²) < 4.78 is 29.4. The minimum absolute atomic E-state index is 0.0443. The Morgan fingerprint density at radius 3 is 2.80 bits per heavy atom. The van der Waals surface area contributed by atoms with Crippen molar-refractivity contribution in [3.8, 4) is 0 Å². The van der Waals surface area contributed by atoms with Crippen LogP contribution in [0.25, 0.3) is 0 Å². The highest BCUT2D eigenvalue weighted by Crippen LogP contribution is 2.21. The Labute approximate surface area is 93.6 Å². The summed E-state index contributed by atoms with van der Waals surface area (Å²) in [5.74, 6) is -0.478. The van der Waals surface area contributed by atoms with E-state index in [0.29, 0.717) is 5.56 Å². The van der Waals surface area contributed by atoms with Crippen LogP contribution in [0.3, 0.4) is 0 Å². The van der Waals surface area contributed by atoms with Gasteiger partial charge in [0.2, 0.25) is 0 Å². The summed E-state index contributed by atoms with van der Waals surface area (Å²) >= 11 is 3.00. The van der Waals surface area contributed by atoms with Gasteiger partial charge in [-0.1, -0.05) is 0 Å². The number of alkyl halides is 2. The topological polar surface area (TPSA) is 39.2 Å². The molecule has 0 unspecified atom stereocenters. The predicted octanol–water partition coefficient (Wildman–Crippen LogP) is 2.50. The third-order valence-corrected chi connectivity index (χ3v) is 2.08. The largest absolute Gasteiger partial charge is 0.469 e. The van der Waals surface area contributed by atoms with Crippen molar-refractivity contribution >= 4 is 21.9 Å². The first-order chi connectivity index (χ1) is 7.02. The molecule has 15 heavy (non-hydrogen) atoms. The first kappa shape index (κ1) is 12.0. The third kappa shape index (κ3) is 3.54. The molecule has 1 aromatic rings. The molecule has 0 fully saturated rings. The molecule has 0 aliphatic heterocycles. The Morgan fingerprint density at radius 2 is 2.27 bits per heavy atom. The van der Waals surface area contributed by atoms with Crippen molar-refractivity contribution in [2.75, 3.05) is 7.11 Å². The number of hydrogen-bond donors (Lipinski definition) is 0. The Morgan fingerprint density at radius 1 is 1.60 bits per heavy atom. The lowest BCUT2D eigenvalue weighted by Gasteiger charge is -2.04. The van der Waals surface area contributed by atoms with E-state index in [2.05, 4.69) is 25.7 Å². The van der Waals surface area contributed by atoms with Crippen molar-refractivity contribution in [1.82, 2.24) is 4.98 Å². The molecule has 0 aromatic carbocycles. The SMILES string of the molecule is COC(=O)Cc1cc(Br)nc(C(F)F)c1. The molecular weight excluding hydrogens is 272 g/mol. The van der Waals surface area contributed by atoms with Gasteiger partial charge in [0.1, 0.15) is 10.3 Å². The molecule has 0 radical (unpaired) electrons. The summed E-state index contributed by atoms with van der Waals surface area (Å²) in [6.45, 7) is 0. The Hall–Kier alpha value is -1.04. The summed E-state index contributed by atoms with van der Waals surface area (Å²) in [6.07, 6.45) is -2.70. The van der Waals surface area contributed by atoms with E-state index in [1.807, 2.05) is 0 Å². The predicted molar refractivity (Wildman–Crippen MR) is 52.6 cm³/mol. The molecule has 0 aliphatic rings. The van der Waals surface area contributed by atoms with E-state index < -0.39 is 12.4 Å². The van der Waals surface area contributed by atoms with Gasteiger partial charge in [-0.3, -0.25) is 4.79 Å². The third-order valence-electron chi connectivity index (χ3n) is 1.67. The molecule has 0 amide bonds. The quantitative estimate of drug-likeness (QED) is 0.630. The van der Waals surface area contributed by atoms with Gasteiger partial charge in [-0.2, -0.15) is 0 Å². The summed E-state index contributed by atoms with van der Waals surface area (Å²) in [5.41, 5.74) is 0.0855. The molecule has 0 saturated heterocycles. The van der Waals surface area contributed by atoms with Crippen molar-refractivity contribution < 1.29 is 18.3 Å². The van der Waals surface area contributed by atoms with Gasteiger partial charge >= 0.3 is 5.97 Å². The van der Waals surface area contributed by atoms with Gasteiger partial charge in [-0.05, 0) is 33.6 Å². The van der Waals surface area contributed by atoms with Gasteiger partial charge in [-0.15, -0.1) is 0 Å². The van der Waals surface area contributed by atoms with Gasteiger partial charge in [-0.25, -0.2) is 13.8 Å². The maximum Gasteiger partial charge on any atom is 0.309 e. The molecule has 0 saturated carbocycles. The smallest absolute Gasteiger partial charge is 0.309 e. The van der Waals surface area contributed by atoms with Crippen molar-refractivity contribution in [3.05, 3.63) is 28.0 Å². The van der Waals surface area contributed by atoms with Crippen LogP contribution in [-0.4, -0.2) is 18.1 Å². The van der Waals surface area contributed by atoms with E-state index in [1.165, 1.54) is 19.2 Å². The van der Waals surface area contributed by atoms with Gasteiger partial charge in [0, 0.05) is 0 Å². The maximum atomic E-state index is 12.3. The summed E-state index contributed by atoms with van der Waals surface area (Å²) in [4.78, 5) is 14.5. The highest BCUT2D eigenvalue weighted by atomic mass is 79.9. The molecule has 0 spiro atoms. The van der Waals surface area contributed by atoms with Crippen LogP contribution >= 0.6 is 15.9 Å². The fourth-order valence-electron chi connectivity index (χ4n) is 1.03. The van der Waals surface area contributed by atoms with Crippen LogP contribution < -0.4 is 0 Å². The van der Waals surface area contributed by atoms with Crippen LogP contribution in [0.1, 0.15) is 17.7 Å². The Bertz CT molecular complexity index is 371. The molecule has 3 nitrogen and oxygen atoms in total. The highest BCUT2D eigenvalue weighted by molar-refractivity contribution is 9.10. The van der Waals surface area contributed by atoms with Crippen molar-refractivity contribution in [2.24, 2.45) is 0 Å². The van der Waals surface area contributed by atoms with Gasteiger partial charge in [0.05, 0.1) is 13.5 Å². The second-order valence-corrected chi connectivity index (χ2v) is 3.59. The van der Waals surface area contributed by atoms with Crippen LogP contribution in [0, 0.1) is 0 Å². The van der Waals surface area contributed by atoms with Gasteiger partial charge in [0.15, 0.2) is 0 Å². The number of pyridine rings is 1. The van der Waals surface area contributed by atoms with Crippen molar-refractivity contribution in [3.63, 3.8) is 0 Å². The molecule has 1 aromatic heterocycles. The second-order valence-electron chi connectivity index (χ2n) is 2.78. The standard InChI is InChI=1S/C9H8BrF2NO2/c1-15-8(14)4-5-2-6(9(11)12)13-7(10)3-5/h2-3,9H,4H2,1H3. The monoisotopic (exact) mass is 279 g/mol. The fourth-order valence-corrected chi connectivity index (χ4v) is 1.52. The normalized spacial score (nSPS) is 10.5. The number of carbonyl (C=O) groups excluding carboxylic acids is 1. The van der Waals surface area contributed by atoms with Crippen LogP contribution in [0.4, 0.5) is 8.78 Å². The first-order valence-electron chi connectivity index (χ1n) is 4.04. The van der Waals surface area contributed by atoms with Crippen LogP contribution in [0.2, 0.25) is 0 Å². The Balaban J connectivity index is 2.93. The Kier molecular flexibility index (Phi) is 4.14. The van der Waals surface area contributed by atoms with Gasteiger partial charge < -0.3 is 4.74 Å². The number of halogens is 3. The molecule has 0 atom stereocenters. The molecule has 0 N–H and O–H groups in total. The lowest BCUT2D eigenvalue weighted by molar-refractivity contribution is -0.139. The number of methoxy groups -OCH3 is 1. The molecule has 0 bridgehead atoms. The van der Waals surface area contributed by atoms with Crippen LogP contribution in [-0.2, 0) is 16.0 Å². The summed E-state index contributed by atoms with van der Waals surface area (Å²) in [7, 11) is 1.24. The zero-order valence-electron chi connectivity index (χ0n) is 7.84. The van der Waals surface area contributed by atoms with E-state index in [9.17, 15) is 13.6 Å². The average molecular weight is 280 g/mol. The zero-order valence-corrected chi connectivity index (χ0v) is 9.42. The van der Waals surface area contributed by atoms with E-state index >= 15 is 0 Å². The number of nitrogens with zero attached hydrogens (tertiary/aromatic N) is 1. The van der Waals surface area contributed by atoms with E-state index in [4.69, 9.17) is 0 Å². The second kappa shape index (κ2) is 5.16. The van der Waals surface area contributed by atoms with Crippen LogP contribution in [0.15, 0.2) is 16.7 Å². The van der Waals surface area contributed by atoms with Crippen molar-refractivity contribution in [2.45, 2.75) is 12.8 Å². The van der Waals surface area contributed by atoms with Crippen molar-refractivity contribution in [1.29, 1.82) is 0 Å². The molecular formula is C9H8BrF2NO2. The molecule has 6 heteroatoms. The maximum absolute atomic E-state index is 12.3. The number of aromatic nitrogens is 1. The summed E-state index contributed by atoms with van der Waals surface area (Å²) in [5, 5.41) is 0. The van der Waals surface area contributed by atoms with Gasteiger partial charge in [0.25, 0.3) is 6.43 Å². The summed E-state index contributed by atoms with van der Waals surface area (Å²) in [6, 6.07) is 2.69. The highest BCUT2D eigenvalue weighted by Gasteiger charge is 2.12. The molecule has 1 heterocycles.